The Kier molecular flexibility index (Phi) is 19.7. The van der Waals surface area contributed by atoms with E-state index in [0.29, 0.717) is 28.4 Å². The molecule has 4 aliphatic rings. The van der Waals surface area contributed by atoms with E-state index in [1.54, 1.807) is 5.57 Å². The number of nitrogens with zero attached hydrogens (tertiary/aromatic N) is 1. The van der Waals surface area contributed by atoms with Crippen LogP contribution < -0.4 is 16.8 Å². The molecule has 0 aromatic rings. The third-order valence-electron chi connectivity index (χ3n) is 17.8. The molecule has 0 saturated heterocycles. The number of nitrogens with two attached hydrogens (primary N) is 2. The summed E-state index contributed by atoms with van der Waals surface area (Å²) in [6, 6.07) is 0. The Balaban J connectivity index is 1.24. The van der Waals surface area contributed by atoms with E-state index < -0.39 is 0 Å². The van der Waals surface area contributed by atoms with E-state index >= 15 is 0 Å². The molecule has 4 aliphatic carbocycles. The van der Waals surface area contributed by atoms with Crippen molar-refractivity contribution in [1.29, 1.82) is 0 Å². The number of hydrogen-bond donors (Lipinski definition) is 3. The summed E-state index contributed by atoms with van der Waals surface area (Å²) >= 11 is 0. The molecule has 9 atom stereocenters. The summed E-state index contributed by atoms with van der Waals surface area (Å²) in [7, 11) is 4.05. The predicted molar refractivity (Wildman–Crippen MR) is 254 cm³/mol. The fourth-order valence-corrected chi connectivity index (χ4v) is 15.4. The molecule has 5 nitrogen and oxygen atoms in total. The van der Waals surface area contributed by atoms with E-state index in [1.165, 1.54) is 70.6 Å². The summed E-state index contributed by atoms with van der Waals surface area (Å²) in [4.78, 5) is 15.8. The minimum absolute atomic E-state index is 0.0456. The number of nitrogens with one attached hydrogen (secondary N) is 1. The highest BCUT2D eigenvalue weighted by molar-refractivity contribution is 8.76. The van der Waals surface area contributed by atoms with E-state index in [1.807, 2.05) is 10.8 Å². The molecule has 0 aliphatic heterocycles. The van der Waals surface area contributed by atoms with Crippen molar-refractivity contribution in [3.63, 3.8) is 0 Å². The highest BCUT2D eigenvalue weighted by atomic mass is 33.1. The van der Waals surface area contributed by atoms with Crippen LogP contribution >= 0.6 is 21.6 Å². The van der Waals surface area contributed by atoms with Crippen LogP contribution in [0, 0.1) is 52.3 Å². The highest BCUT2D eigenvalue weighted by Gasteiger charge is 2.59. The van der Waals surface area contributed by atoms with Gasteiger partial charge in [-0.05, 0) is 174 Å². The topological polar surface area (TPSA) is 84.4 Å². The first kappa shape index (κ1) is 49.4. The van der Waals surface area contributed by atoms with Gasteiger partial charge < -0.3 is 21.7 Å². The van der Waals surface area contributed by atoms with Crippen molar-refractivity contribution in [2.75, 3.05) is 31.9 Å². The zero-order chi connectivity index (χ0) is 41.9. The second-order valence-corrected chi connectivity index (χ2v) is 23.8. The molecule has 0 aromatic carbocycles. The number of hydrogen-bond acceptors (Lipinski definition) is 6. The van der Waals surface area contributed by atoms with Gasteiger partial charge in [0, 0.05) is 41.6 Å². The van der Waals surface area contributed by atoms with Crippen molar-refractivity contribution in [1.82, 2.24) is 10.2 Å². The van der Waals surface area contributed by atoms with Gasteiger partial charge in [-0.3, -0.25) is 4.79 Å². The standard InChI is InChI=1S/C50H94N4OS2/c1-11-39(37(6)7)19-18-38(8)43-22-23-44-42-21-20-40-36-41(24-27-47(40,9)45(42)25-28-48(43,44)10)57-56-35-26-46(55)54(34-30-50(52,14-4)15-5)33-17-16-31-53-32-29-49(51,12-2)13-3/h20,37-39,41-45,53H,11-19,21-36,51-52H2,1-10H3/t38?,39?,41-,42-,43+,44-,45-,47-,48+/m0/s1. The van der Waals surface area contributed by atoms with Crippen molar-refractivity contribution in [3.8, 4) is 0 Å². The first-order valence-electron chi connectivity index (χ1n) is 24.7. The zero-order valence-electron chi connectivity index (χ0n) is 39.2. The summed E-state index contributed by atoms with van der Waals surface area (Å²) in [6.07, 6.45) is 26.7. The Morgan fingerprint density at radius 1 is 0.877 bits per heavy atom. The number of carbonyl (C=O) groups is 1. The molecule has 5 N–H and O–H groups in total. The number of rotatable bonds is 26. The average Bonchev–Trinajstić information content (AvgIpc) is 3.57. The summed E-state index contributed by atoms with van der Waals surface area (Å²) in [5, 5.41) is 4.29. The minimum Gasteiger partial charge on any atom is -0.343 e. The van der Waals surface area contributed by atoms with Gasteiger partial charge in [0.25, 0.3) is 0 Å². The van der Waals surface area contributed by atoms with Crippen molar-refractivity contribution in [2.45, 2.75) is 214 Å². The van der Waals surface area contributed by atoms with Gasteiger partial charge in [-0.25, -0.2) is 0 Å². The van der Waals surface area contributed by atoms with Gasteiger partial charge in [0.05, 0.1) is 0 Å². The molecule has 3 fully saturated rings. The lowest BCUT2D eigenvalue weighted by Gasteiger charge is -2.58. The quantitative estimate of drug-likeness (QED) is 0.0457. The summed E-state index contributed by atoms with van der Waals surface area (Å²) in [5.74, 6) is 7.43. The van der Waals surface area contributed by atoms with Crippen LogP contribution in [0.1, 0.15) is 198 Å². The van der Waals surface area contributed by atoms with Crippen LogP contribution in [0.15, 0.2) is 11.6 Å². The van der Waals surface area contributed by atoms with Crippen LogP contribution in [0.3, 0.4) is 0 Å². The average molecular weight is 831 g/mol. The van der Waals surface area contributed by atoms with Crippen molar-refractivity contribution in [2.24, 2.45) is 63.7 Å². The highest BCUT2D eigenvalue weighted by Crippen LogP contribution is 2.68. The van der Waals surface area contributed by atoms with E-state index in [0.717, 1.165) is 125 Å². The molecule has 332 valence electrons. The van der Waals surface area contributed by atoms with Crippen LogP contribution in [0.5, 0.6) is 0 Å². The largest absolute Gasteiger partial charge is 0.343 e. The Morgan fingerprint density at radius 2 is 1.58 bits per heavy atom. The van der Waals surface area contributed by atoms with Crippen LogP contribution in [-0.2, 0) is 4.79 Å². The molecule has 0 spiro atoms. The fourth-order valence-electron chi connectivity index (χ4n) is 12.7. The first-order valence-corrected chi connectivity index (χ1v) is 27.0. The molecule has 4 rings (SSSR count). The van der Waals surface area contributed by atoms with Gasteiger partial charge in [0.1, 0.15) is 0 Å². The summed E-state index contributed by atoms with van der Waals surface area (Å²) in [6.45, 7) is 27.6. The zero-order valence-corrected chi connectivity index (χ0v) is 40.8. The maximum Gasteiger partial charge on any atom is 0.223 e. The third kappa shape index (κ3) is 12.7. The Morgan fingerprint density at radius 3 is 2.25 bits per heavy atom. The Bertz CT molecular complexity index is 1230. The fraction of sp³-hybridized carbons (Fsp3) is 0.940. The molecular weight excluding hydrogens is 737 g/mol. The first-order chi connectivity index (χ1) is 27.1. The Labute approximate surface area is 362 Å². The molecule has 1 amide bonds. The summed E-state index contributed by atoms with van der Waals surface area (Å²) < 4.78 is 0. The van der Waals surface area contributed by atoms with Crippen LogP contribution in [0.2, 0.25) is 0 Å². The van der Waals surface area contributed by atoms with E-state index in [9.17, 15) is 4.79 Å². The number of fused-ring (bicyclic) bond motifs is 5. The third-order valence-corrected chi connectivity index (χ3v) is 20.7. The number of unbranched alkanes of at least 4 members (excludes halogenated alkanes) is 1. The lowest BCUT2D eigenvalue weighted by atomic mass is 9.47. The maximum atomic E-state index is 13.7. The lowest BCUT2D eigenvalue weighted by molar-refractivity contribution is -0.131. The molecule has 0 bridgehead atoms. The molecule has 7 heteroatoms. The second-order valence-electron chi connectivity index (χ2n) is 21.0. The molecular formula is C50H94N4OS2. The Hall–Kier alpha value is -0.210. The van der Waals surface area contributed by atoms with E-state index in [2.05, 4.69) is 96.3 Å². The van der Waals surface area contributed by atoms with Gasteiger partial charge >= 0.3 is 0 Å². The van der Waals surface area contributed by atoms with Gasteiger partial charge in [-0.2, -0.15) is 0 Å². The maximum absolute atomic E-state index is 13.7. The molecule has 0 aromatic heterocycles. The van der Waals surface area contributed by atoms with Gasteiger partial charge in [0.15, 0.2) is 0 Å². The molecule has 0 radical (unpaired) electrons. The molecule has 57 heavy (non-hydrogen) atoms. The van der Waals surface area contributed by atoms with Crippen LogP contribution in [0.25, 0.3) is 0 Å². The minimum atomic E-state index is -0.178. The smallest absolute Gasteiger partial charge is 0.223 e. The van der Waals surface area contributed by atoms with Crippen molar-refractivity contribution >= 4 is 27.5 Å². The van der Waals surface area contributed by atoms with Crippen LogP contribution in [-0.4, -0.2) is 59.1 Å². The summed E-state index contributed by atoms with van der Waals surface area (Å²) in [5.41, 5.74) is 15.7. The number of amides is 1. The number of carbonyl (C=O) groups excluding carboxylic acids is 1. The lowest BCUT2D eigenvalue weighted by Crippen LogP contribution is -2.50. The second kappa shape index (κ2) is 22.8. The number of allylic oxidation sites excluding steroid dienone is 2. The normalized spacial score (nSPS) is 30.1. The van der Waals surface area contributed by atoms with Crippen molar-refractivity contribution < 1.29 is 4.79 Å². The monoisotopic (exact) mass is 831 g/mol. The van der Waals surface area contributed by atoms with Gasteiger partial charge in [-0.15, -0.1) is 0 Å². The van der Waals surface area contributed by atoms with Gasteiger partial charge in [0.2, 0.25) is 5.91 Å². The molecule has 0 heterocycles. The molecule has 2 unspecified atom stereocenters. The van der Waals surface area contributed by atoms with Gasteiger partial charge in [-0.1, -0.05) is 115 Å². The predicted octanol–water partition coefficient (Wildman–Crippen LogP) is 12.8. The SMILES string of the molecule is CCC(CCC(C)[C@H]1CC[C@H]2[C@@H]3CC=C4C[C@@H](SSCCC(=O)N(CCCCNCCC(N)(CC)CC)CCC(N)(CC)CC)CC[C@]4(C)[C@H]3CC[C@]12C)C(C)C. The van der Waals surface area contributed by atoms with E-state index in [-0.39, 0.29) is 11.1 Å². The molecule has 3 saturated carbocycles. The van der Waals surface area contributed by atoms with E-state index in [4.69, 9.17) is 11.5 Å². The van der Waals surface area contributed by atoms with Crippen LogP contribution in [0.4, 0.5) is 0 Å². The van der Waals surface area contributed by atoms with Crippen molar-refractivity contribution in [3.05, 3.63) is 11.6 Å².